The molecule has 0 amide bonds. The topological polar surface area (TPSA) is 305 Å². The van der Waals surface area contributed by atoms with Gasteiger partial charge in [0.2, 0.25) is 6.29 Å². The fourth-order valence-corrected chi connectivity index (χ4v) is 6.14. The maximum absolute atomic E-state index is 13.1. The second-order valence-electron chi connectivity index (χ2n) is 12.8. The third-order valence-corrected chi connectivity index (χ3v) is 9.10. The number of phenols is 4. The maximum Gasteiger partial charge on any atom is 0.331 e. The fraction of sp³-hybridized carbons (Fsp3) is 0.351. The minimum atomic E-state index is -1.96. The molecule has 0 radical (unpaired) electrons. The Balaban J connectivity index is 1.30. The molecule has 10 atom stereocenters. The van der Waals surface area contributed by atoms with Crippen molar-refractivity contribution in [2.45, 2.75) is 61.4 Å². The quantitative estimate of drug-likeness (QED) is 0.0523. The van der Waals surface area contributed by atoms with Crippen molar-refractivity contribution in [2.75, 3.05) is 20.3 Å². The summed E-state index contributed by atoms with van der Waals surface area (Å²) >= 11 is 0. The molecule has 2 aliphatic rings. The van der Waals surface area contributed by atoms with Gasteiger partial charge in [-0.2, -0.15) is 0 Å². The van der Waals surface area contributed by atoms with E-state index in [1.165, 1.54) is 49.6 Å². The summed E-state index contributed by atoms with van der Waals surface area (Å²) in [5, 5.41) is 103. The van der Waals surface area contributed by atoms with Gasteiger partial charge in [-0.25, -0.2) is 4.79 Å². The van der Waals surface area contributed by atoms with Crippen LogP contribution in [0.1, 0.15) is 5.56 Å². The number of fused-ring (bicyclic) bond motifs is 1. The van der Waals surface area contributed by atoms with E-state index in [-0.39, 0.29) is 39.5 Å². The Bertz CT molecular complexity index is 2130. The molecule has 3 heterocycles. The molecule has 1 aromatic heterocycles. The first-order valence-corrected chi connectivity index (χ1v) is 16.9. The van der Waals surface area contributed by atoms with E-state index in [0.717, 1.165) is 24.3 Å². The van der Waals surface area contributed by atoms with Gasteiger partial charge in [0.05, 0.1) is 20.3 Å². The molecular formula is C37H38O19. The summed E-state index contributed by atoms with van der Waals surface area (Å²) < 4.78 is 39.6. The van der Waals surface area contributed by atoms with Crippen LogP contribution >= 0.6 is 0 Å². The Labute approximate surface area is 315 Å². The van der Waals surface area contributed by atoms with Gasteiger partial charge in [-0.05, 0) is 42.0 Å². The number of hydrogen-bond acceptors (Lipinski definition) is 19. The summed E-state index contributed by atoms with van der Waals surface area (Å²) in [6, 6.07) is 11.2. The Morgan fingerprint density at radius 1 is 0.750 bits per heavy atom. The van der Waals surface area contributed by atoms with Crippen LogP contribution in [0.3, 0.4) is 0 Å². The number of rotatable bonds is 11. The average Bonchev–Trinajstić information content (AvgIpc) is 3.17. The average molecular weight is 787 g/mol. The first-order chi connectivity index (χ1) is 26.7. The molecule has 300 valence electrons. The number of phenolic OH excluding ortho intramolecular Hbond substituents is 4. The summed E-state index contributed by atoms with van der Waals surface area (Å²) in [6.07, 6.45) is -15.8. The maximum atomic E-state index is 13.1. The van der Waals surface area contributed by atoms with E-state index in [9.17, 15) is 60.7 Å². The summed E-state index contributed by atoms with van der Waals surface area (Å²) in [5.74, 6) is -2.93. The van der Waals surface area contributed by atoms with Crippen molar-refractivity contribution in [2.24, 2.45) is 0 Å². The molecule has 0 bridgehead atoms. The standard InChI is InChI=1S/C37H38O19/c1-50-24-9-16(4-6-19(24)41)23-12-22(44)29-21(43)10-17(11-25(29)52-23)51-36-35(33(49)31(47)26(13-38)53-36)56-37-34(32(48)30(46)27(14-39)54-37)55-28(45)7-3-15-2-5-18(40)20(42)8-15/h2-12,26-27,30-43,46-49H,13-14H2,1H3/t26-,27+,30+,31-,32+,33+,34+,35+,36+,37+/m0/s1. The van der Waals surface area contributed by atoms with Crippen LogP contribution < -0.4 is 14.9 Å². The van der Waals surface area contributed by atoms with Crippen LogP contribution in [-0.4, -0.2) is 139 Å². The zero-order valence-electron chi connectivity index (χ0n) is 29.2. The highest BCUT2D eigenvalue weighted by molar-refractivity contribution is 5.87. The first-order valence-electron chi connectivity index (χ1n) is 16.9. The van der Waals surface area contributed by atoms with E-state index in [2.05, 4.69) is 0 Å². The highest BCUT2D eigenvalue weighted by Gasteiger charge is 2.53. The Morgan fingerprint density at radius 2 is 1.41 bits per heavy atom. The van der Waals surface area contributed by atoms with E-state index < -0.39 is 103 Å². The molecule has 2 saturated heterocycles. The lowest BCUT2D eigenvalue weighted by Crippen LogP contribution is -2.65. The van der Waals surface area contributed by atoms with Crippen molar-refractivity contribution in [1.29, 1.82) is 0 Å². The molecule has 56 heavy (non-hydrogen) atoms. The van der Waals surface area contributed by atoms with Gasteiger partial charge >= 0.3 is 5.97 Å². The van der Waals surface area contributed by atoms with E-state index in [1.54, 1.807) is 0 Å². The van der Waals surface area contributed by atoms with Gasteiger partial charge < -0.3 is 83.9 Å². The van der Waals surface area contributed by atoms with E-state index >= 15 is 0 Å². The second kappa shape index (κ2) is 16.7. The number of carbonyl (C=O) groups is 1. The summed E-state index contributed by atoms with van der Waals surface area (Å²) in [4.78, 5) is 26.0. The molecule has 2 fully saturated rings. The van der Waals surface area contributed by atoms with Crippen LogP contribution in [0.15, 0.2) is 69.9 Å². The van der Waals surface area contributed by atoms with E-state index in [4.69, 9.17) is 32.8 Å². The van der Waals surface area contributed by atoms with Crippen LogP contribution in [0.5, 0.6) is 34.5 Å². The third-order valence-electron chi connectivity index (χ3n) is 9.10. The van der Waals surface area contributed by atoms with Gasteiger partial charge in [0, 0.05) is 29.8 Å². The molecule has 19 heteroatoms. The molecule has 19 nitrogen and oxygen atoms in total. The Morgan fingerprint density at radius 3 is 2.07 bits per heavy atom. The highest BCUT2D eigenvalue weighted by atomic mass is 16.8. The predicted molar refractivity (Wildman–Crippen MR) is 188 cm³/mol. The fourth-order valence-electron chi connectivity index (χ4n) is 6.14. The van der Waals surface area contributed by atoms with Crippen LogP contribution in [0.2, 0.25) is 0 Å². The van der Waals surface area contributed by atoms with Crippen molar-refractivity contribution >= 4 is 23.0 Å². The first kappa shape index (κ1) is 40.2. The zero-order valence-corrected chi connectivity index (χ0v) is 29.2. The van der Waals surface area contributed by atoms with Gasteiger partial charge in [0.1, 0.15) is 64.9 Å². The molecule has 3 aromatic carbocycles. The Hall–Kier alpha value is -5.48. The van der Waals surface area contributed by atoms with Gasteiger partial charge in [0.25, 0.3) is 0 Å². The largest absolute Gasteiger partial charge is 0.507 e. The molecule has 0 aliphatic carbocycles. The number of aromatic hydroxyl groups is 4. The van der Waals surface area contributed by atoms with Crippen molar-refractivity contribution in [3.8, 4) is 45.8 Å². The number of methoxy groups -OCH3 is 1. The predicted octanol–water partition coefficient (Wildman–Crippen LogP) is -0.442. The summed E-state index contributed by atoms with van der Waals surface area (Å²) in [7, 11) is 1.33. The van der Waals surface area contributed by atoms with Crippen LogP contribution in [0.25, 0.3) is 28.4 Å². The van der Waals surface area contributed by atoms with Crippen molar-refractivity contribution in [3.63, 3.8) is 0 Å². The lowest BCUT2D eigenvalue weighted by molar-refractivity contribution is -0.358. The number of hydrogen-bond donors (Lipinski definition) is 10. The number of aliphatic hydroxyl groups is 6. The minimum absolute atomic E-state index is 0.0108. The lowest BCUT2D eigenvalue weighted by atomic mass is 9.97. The minimum Gasteiger partial charge on any atom is -0.507 e. The number of esters is 1. The zero-order chi connectivity index (χ0) is 40.4. The molecule has 6 rings (SSSR count). The van der Waals surface area contributed by atoms with E-state index in [1.807, 2.05) is 0 Å². The van der Waals surface area contributed by atoms with E-state index in [0.29, 0.717) is 5.56 Å². The molecule has 0 unspecified atom stereocenters. The number of benzene rings is 3. The third kappa shape index (κ3) is 8.21. The van der Waals surface area contributed by atoms with Crippen molar-refractivity contribution in [3.05, 3.63) is 76.5 Å². The van der Waals surface area contributed by atoms with Gasteiger partial charge in [-0.3, -0.25) is 4.79 Å². The molecular weight excluding hydrogens is 748 g/mol. The van der Waals surface area contributed by atoms with Gasteiger partial charge in [0.15, 0.2) is 46.9 Å². The summed E-state index contributed by atoms with van der Waals surface area (Å²) in [5.41, 5.74) is -0.265. The van der Waals surface area contributed by atoms with Gasteiger partial charge in [-0.1, -0.05) is 6.07 Å². The monoisotopic (exact) mass is 786 g/mol. The van der Waals surface area contributed by atoms with Crippen molar-refractivity contribution in [1.82, 2.24) is 0 Å². The molecule has 0 saturated carbocycles. The lowest BCUT2D eigenvalue weighted by Gasteiger charge is -2.46. The number of aliphatic hydroxyl groups excluding tert-OH is 6. The van der Waals surface area contributed by atoms with Crippen LogP contribution in [0.4, 0.5) is 0 Å². The highest BCUT2D eigenvalue weighted by Crippen LogP contribution is 2.37. The smallest absolute Gasteiger partial charge is 0.331 e. The second-order valence-corrected chi connectivity index (χ2v) is 12.8. The molecule has 10 N–H and O–H groups in total. The summed E-state index contributed by atoms with van der Waals surface area (Å²) in [6.45, 7) is -1.69. The number of carbonyl (C=O) groups excluding carboxylic acids is 1. The molecule has 0 spiro atoms. The van der Waals surface area contributed by atoms with Crippen molar-refractivity contribution < 1.29 is 88.7 Å². The Kier molecular flexibility index (Phi) is 12.0. The van der Waals surface area contributed by atoms with Crippen LogP contribution in [-0.2, 0) is 23.7 Å². The molecule has 2 aliphatic heterocycles. The van der Waals surface area contributed by atoms with Crippen LogP contribution in [0, 0.1) is 0 Å². The van der Waals surface area contributed by atoms with Gasteiger partial charge in [-0.15, -0.1) is 0 Å². The SMILES string of the molecule is COc1cc(-c2cc(=O)c3c(O)cc(O[C@@H]4O[C@@H](CO)[C@H](O)[C@@H](O)[C@H]4O[C@H]4O[C@H](CO)[C@@H](O)[C@@H](O)[C@H]4OC(=O)C=Cc4ccc(O)c(O)c4)cc3o2)ccc1O. The normalized spacial score (nSPS) is 28.0. The number of ether oxygens (including phenoxy) is 6. The molecule has 4 aromatic rings.